The third-order valence-electron chi connectivity index (χ3n) is 7.26. The standard InChI is InChI=1S/C31H46O7/c1-8-11-21(5)29-31(38-29)30-22(6)16-18(2)13-10-15-24(32)27(35)23(7)28(36)26(34)20(4)14-9-12-19(3)17-25(33)37-30/h9-10,12,15,17,21-22,24,26-32,34-36H,2,4,7-8,11,13-14,16H2,1,3,5-6H3/b12-9+,15-10+,19-17+/t21-,22-,24+,26-,27+,28-,29-,30+,31+/m1/s1. The van der Waals surface area contributed by atoms with Crippen LogP contribution in [0.4, 0.5) is 0 Å². The first-order valence-corrected chi connectivity index (χ1v) is 13.5. The molecule has 7 nitrogen and oxygen atoms in total. The molecule has 0 saturated carbocycles. The van der Waals surface area contributed by atoms with Crippen molar-refractivity contribution in [3.05, 3.63) is 72.4 Å². The molecule has 2 heterocycles. The fourth-order valence-corrected chi connectivity index (χ4v) is 4.86. The second-order valence-electron chi connectivity index (χ2n) is 10.8. The molecule has 0 aliphatic carbocycles. The minimum absolute atomic E-state index is 0.0474. The van der Waals surface area contributed by atoms with Gasteiger partial charge in [0.15, 0.2) is 0 Å². The Morgan fingerprint density at radius 3 is 2.37 bits per heavy atom. The Morgan fingerprint density at radius 1 is 1.03 bits per heavy atom. The van der Waals surface area contributed by atoms with E-state index >= 15 is 0 Å². The summed E-state index contributed by atoms with van der Waals surface area (Å²) < 4.78 is 11.9. The molecule has 2 aliphatic rings. The number of epoxide rings is 1. The summed E-state index contributed by atoms with van der Waals surface area (Å²) in [4.78, 5) is 12.8. The Hall–Kier alpha value is -2.29. The first kappa shape index (κ1) is 31.9. The van der Waals surface area contributed by atoms with Gasteiger partial charge in [0.1, 0.15) is 36.6 Å². The highest BCUT2D eigenvalue weighted by Crippen LogP contribution is 2.39. The van der Waals surface area contributed by atoms with Crippen LogP contribution in [0.1, 0.15) is 59.8 Å². The van der Waals surface area contributed by atoms with Crippen LogP contribution in [-0.2, 0) is 14.3 Å². The lowest BCUT2D eigenvalue weighted by Gasteiger charge is -2.26. The van der Waals surface area contributed by atoms with Crippen LogP contribution >= 0.6 is 0 Å². The fraction of sp³-hybridized carbons (Fsp3) is 0.581. The largest absolute Gasteiger partial charge is 0.456 e. The van der Waals surface area contributed by atoms with Gasteiger partial charge in [-0.3, -0.25) is 0 Å². The lowest BCUT2D eigenvalue weighted by atomic mass is 9.89. The number of carbonyl (C=O) groups excluding carboxylic acids is 1. The summed E-state index contributed by atoms with van der Waals surface area (Å²) in [6, 6.07) is 0. The molecule has 0 aromatic heterocycles. The molecule has 9 atom stereocenters. The maximum absolute atomic E-state index is 12.8. The molecular formula is C31H46O7. The predicted molar refractivity (Wildman–Crippen MR) is 149 cm³/mol. The maximum Gasteiger partial charge on any atom is 0.331 e. The van der Waals surface area contributed by atoms with Gasteiger partial charge in [-0.05, 0) is 61.2 Å². The SMILES string of the molecule is C=C1C/C=C/[C@H](O)[C@@H](O)C(=C)[C@@H](O)[C@H](O)C(=C)C/C=C/C(C)=C/C(=O)O[C@H]([C@H]2O[C@@H]2[C@H](C)CCC)[C@H](C)C1. The van der Waals surface area contributed by atoms with E-state index in [0.29, 0.717) is 29.9 Å². The van der Waals surface area contributed by atoms with E-state index in [1.165, 1.54) is 12.2 Å². The maximum atomic E-state index is 12.8. The van der Waals surface area contributed by atoms with Crippen molar-refractivity contribution in [2.24, 2.45) is 11.8 Å². The highest BCUT2D eigenvalue weighted by atomic mass is 16.6. The van der Waals surface area contributed by atoms with Crippen molar-refractivity contribution in [2.75, 3.05) is 0 Å². The number of cyclic esters (lactones) is 1. The Bertz CT molecular complexity index is 946. The fourth-order valence-electron chi connectivity index (χ4n) is 4.86. The monoisotopic (exact) mass is 530 g/mol. The molecule has 4 N–H and O–H groups in total. The first-order valence-electron chi connectivity index (χ1n) is 13.5. The van der Waals surface area contributed by atoms with Gasteiger partial charge in [-0.1, -0.05) is 76.8 Å². The molecule has 0 aromatic rings. The molecule has 2 rings (SSSR count). The van der Waals surface area contributed by atoms with Crippen molar-refractivity contribution >= 4 is 5.97 Å². The molecule has 2 aliphatic heterocycles. The highest BCUT2D eigenvalue weighted by Gasteiger charge is 2.51. The molecule has 0 unspecified atom stereocenters. The summed E-state index contributed by atoms with van der Waals surface area (Å²) in [5.41, 5.74) is 1.70. The first-order chi connectivity index (χ1) is 17.9. The van der Waals surface area contributed by atoms with E-state index in [1.54, 1.807) is 25.2 Å². The molecule has 0 spiro atoms. The van der Waals surface area contributed by atoms with Gasteiger partial charge in [0, 0.05) is 6.08 Å². The van der Waals surface area contributed by atoms with Crippen LogP contribution in [-0.4, -0.2) is 69.1 Å². The third-order valence-corrected chi connectivity index (χ3v) is 7.26. The zero-order valence-electron chi connectivity index (χ0n) is 23.3. The van der Waals surface area contributed by atoms with Crippen LogP contribution < -0.4 is 0 Å². The zero-order valence-corrected chi connectivity index (χ0v) is 23.3. The van der Waals surface area contributed by atoms with Gasteiger partial charge < -0.3 is 29.9 Å². The second-order valence-corrected chi connectivity index (χ2v) is 10.8. The molecule has 1 saturated heterocycles. The number of aliphatic hydroxyl groups excluding tert-OH is 4. The number of aliphatic hydroxyl groups is 4. The smallest absolute Gasteiger partial charge is 0.331 e. The molecule has 38 heavy (non-hydrogen) atoms. The number of hydrogen-bond donors (Lipinski definition) is 4. The van der Waals surface area contributed by atoms with Gasteiger partial charge in [-0.15, -0.1) is 0 Å². The molecular weight excluding hydrogens is 484 g/mol. The zero-order chi connectivity index (χ0) is 28.6. The quantitative estimate of drug-likeness (QED) is 0.245. The van der Waals surface area contributed by atoms with Gasteiger partial charge in [0.25, 0.3) is 0 Å². The molecule has 212 valence electrons. The molecule has 0 amide bonds. The Kier molecular flexibility index (Phi) is 12.4. The summed E-state index contributed by atoms with van der Waals surface area (Å²) in [6.07, 6.45) is 5.05. The van der Waals surface area contributed by atoms with Crippen molar-refractivity contribution in [3.63, 3.8) is 0 Å². The minimum Gasteiger partial charge on any atom is -0.456 e. The normalized spacial score (nSPS) is 38.5. The van der Waals surface area contributed by atoms with E-state index in [0.717, 1.165) is 18.4 Å². The number of ether oxygens (including phenoxy) is 2. The van der Waals surface area contributed by atoms with Crippen molar-refractivity contribution in [1.82, 2.24) is 0 Å². The summed E-state index contributed by atoms with van der Waals surface area (Å²) in [7, 11) is 0. The van der Waals surface area contributed by atoms with Gasteiger partial charge in [0.2, 0.25) is 0 Å². The average molecular weight is 531 g/mol. The Balaban J connectivity index is 2.28. The topological polar surface area (TPSA) is 120 Å². The van der Waals surface area contributed by atoms with E-state index in [2.05, 4.69) is 33.6 Å². The van der Waals surface area contributed by atoms with Crippen molar-refractivity contribution in [3.8, 4) is 0 Å². The van der Waals surface area contributed by atoms with Crippen LogP contribution in [0.5, 0.6) is 0 Å². The van der Waals surface area contributed by atoms with Crippen LogP contribution in [0, 0.1) is 11.8 Å². The number of hydrogen-bond acceptors (Lipinski definition) is 7. The van der Waals surface area contributed by atoms with Gasteiger partial charge >= 0.3 is 5.97 Å². The van der Waals surface area contributed by atoms with E-state index in [-0.39, 0.29) is 30.1 Å². The summed E-state index contributed by atoms with van der Waals surface area (Å²) in [6.45, 7) is 19.7. The summed E-state index contributed by atoms with van der Waals surface area (Å²) in [5.74, 6) is -0.134. The molecule has 0 radical (unpaired) electrons. The van der Waals surface area contributed by atoms with Crippen LogP contribution in [0.3, 0.4) is 0 Å². The Morgan fingerprint density at radius 2 is 1.71 bits per heavy atom. The third kappa shape index (κ3) is 9.17. The molecule has 0 bridgehead atoms. The van der Waals surface area contributed by atoms with Gasteiger partial charge in [-0.2, -0.15) is 0 Å². The second kappa shape index (κ2) is 14.8. The number of rotatable bonds is 4. The molecule has 1 fully saturated rings. The lowest BCUT2D eigenvalue weighted by Crippen LogP contribution is -2.37. The van der Waals surface area contributed by atoms with Crippen LogP contribution in [0.25, 0.3) is 0 Å². The van der Waals surface area contributed by atoms with Crippen molar-refractivity contribution in [2.45, 2.75) is 103 Å². The summed E-state index contributed by atoms with van der Waals surface area (Å²) >= 11 is 0. The highest BCUT2D eigenvalue weighted by molar-refractivity contribution is 5.83. The lowest BCUT2D eigenvalue weighted by molar-refractivity contribution is -0.146. The Labute approximate surface area is 227 Å². The van der Waals surface area contributed by atoms with E-state index in [4.69, 9.17) is 9.47 Å². The van der Waals surface area contributed by atoms with Crippen molar-refractivity contribution < 1.29 is 34.7 Å². The van der Waals surface area contributed by atoms with Gasteiger partial charge in [-0.25, -0.2) is 4.79 Å². The van der Waals surface area contributed by atoms with E-state index < -0.39 is 36.5 Å². The average Bonchev–Trinajstić information content (AvgIpc) is 3.65. The van der Waals surface area contributed by atoms with Crippen LogP contribution in [0.2, 0.25) is 0 Å². The summed E-state index contributed by atoms with van der Waals surface area (Å²) in [5, 5.41) is 41.8. The van der Waals surface area contributed by atoms with Crippen molar-refractivity contribution in [1.29, 1.82) is 0 Å². The minimum atomic E-state index is -1.51. The number of allylic oxidation sites excluding steroid dienone is 5. The number of carbonyl (C=O) groups is 1. The van der Waals surface area contributed by atoms with Gasteiger partial charge in [0.05, 0.1) is 6.10 Å². The predicted octanol–water partition coefficient (Wildman–Crippen LogP) is 4.09. The van der Waals surface area contributed by atoms with E-state index in [9.17, 15) is 25.2 Å². The van der Waals surface area contributed by atoms with Crippen LogP contribution in [0.15, 0.2) is 72.4 Å². The molecule has 7 heteroatoms. The molecule has 0 aromatic carbocycles. The van der Waals surface area contributed by atoms with E-state index in [1.807, 2.05) is 6.92 Å². The number of esters is 1.